The molecule has 2 heterocycles. The van der Waals surface area contributed by atoms with Gasteiger partial charge in [0.05, 0.1) is 22.3 Å². The summed E-state index contributed by atoms with van der Waals surface area (Å²) in [6, 6.07) is 11.8. The zero-order valence-electron chi connectivity index (χ0n) is 20.9. The topological polar surface area (TPSA) is 119 Å². The van der Waals surface area contributed by atoms with E-state index in [1.807, 2.05) is 30.3 Å². The van der Waals surface area contributed by atoms with Crippen molar-refractivity contribution in [3.63, 3.8) is 0 Å². The number of carbonyl (C=O) groups is 3. The first-order chi connectivity index (χ1) is 18.2. The predicted molar refractivity (Wildman–Crippen MR) is 148 cm³/mol. The Bertz CT molecular complexity index is 1150. The number of piperazine rings is 1. The largest absolute Gasteiger partial charge is 0.494 e. The number of anilines is 2. The number of hydrogen-bond donors (Lipinski definition) is 3. The van der Waals surface area contributed by atoms with Gasteiger partial charge in [-0.15, -0.1) is 0 Å². The van der Waals surface area contributed by atoms with Gasteiger partial charge in [0.15, 0.2) is 0 Å². The number of carbonyl (C=O) groups excluding carboxylic acids is 1. The average Bonchev–Trinajstić information content (AvgIpc) is 2.89. The van der Waals surface area contributed by atoms with Gasteiger partial charge < -0.3 is 25.2 Å². The van der Waals surface area contributed by atoms with E-state index in [4.69, 9.17) is 38.2 Å². The normalized spacial score (nSPS) is 15.3. The second kappa shape index (κ2) is 14.6. The molecule has 4 rings (SSSR count). The Morgan fingerprint density at radius 1 is 0.974 bits per heavy atom. The summed E-state index contributed by atoms with van der Waals surface area (Å²) in [6.07, 6.45) is 4.58. The van der Waals surface area contributed by atoms with Crippen molar-refractivity contribution in [2.75, 3.05) is 49.5 Å². The molecule has 3 N–H and O–H groups in total. The fraction of sp³-hybridized carbons (Fsp3) is 0.370. The molecule has 2 aromatic carbocycles. The molecular formula is C27H31Cl2N3O6. The lowest BCUT2D eigenvalue weighted by Crippen LogP contribution is -2.46. The highest BCUT2D eigenvalue weighted by Crippen LogP contribution is 2.33. The Kier molecular flexibility index (Phi) is 11.3. The lowest BCUT2D eigenvalue weighted by molar-refractivity contribution is -0.134. The summed E-state index contributed by atoms with van der Waals surface area (Å²) >= 11 is 12.5. The standard InChI is InChI=1S/C23H27Cl2N3O2.C4H4O4/c24-19-4-3-5-21(23(19)25)28-13-11-27(12-14-28)10-1-2-15-30-18-8-6-17-7-9-22(29)26-20(17)16-18;5-3(6)1-2-4(7)8/h3-6,8,16H,1-2,7,9-15H2,(H,26,29);1-2H,(H,5,6)(H,7,8)/b;2-1-. The number of benzene rings is 2. The first-order valence-electron chi connectivity index (χ1n) is 12.3. The maximum atomic E-state index is 11.5. The Hall–Kier alpha value is -3.27. The molecule has 204 valence electrons. The van der Waals surface area contributed by atoms with Gasteiger partial charge in [-0.3, -0.25) is 9.69 Å². The van der Waals surface area contributed by atoms with E-state index in [2.05, 4.69) is 21.2 Å². The van der Waals surface area contributed by atoms with Gasteiger partial charge in [0.25, 0.3) is 0 Å². The van der Waals surface area contributed by atoms with Crippen LogP contribution in [0.4, 0.5) is 11.4 Å². The lowest BCUT2D eigenvalue weighted by Gasteiger charge is -2.36. The summed E-state index contributed by atoms with van der Waals surface area (Å²) in [7, 11) is 0. The lowest BCUT2D eigenvalue weighted by atomic mass is 10.0. The number of carboxylic acid groups (broad SMARTS) is 2. The van der Waals surface area contributed by atoms with Crippen LogP contribution in [0.25, 0.3) is 0 Å². The number of aryl methyl sites for hydroxylation is 1. The molecule has 0 spiro atoms. The van der Waals surface area contributed by atoms with Crippen molar-refractivity contribution in [2.24, 2.45) is 0 Å². The highest BCUT2D eigenvalue weighted by molar-refractivity contribution is 6.43. The summed E-state index contributed by atoms with van der Waals surface area (Å²) in [6.45, 7) is 5.71. The van der Waals surface area contributed by atoms with Gasteiger partial charge >= 0.3 is 11.9 Å². The number of halogens is 2. The first-order valence-corrected chi connectivity index (χ1v) is 13.1. The third-order valence-corrected chi connectivity index (χ3v) is 6.94. The molecule has 0 atom stereocenters. The molecule has 0 radical (unpaired) electrons. The SMILES string of the molecule is O=C(O)/C=C\C(=O)O.O=C1CCc2ccc(OCCCCN3CCN(c4cccc(Cl)c4Cl)CC3)cc2N1. The molecule has 11 heteroatoms. The number of unbranched alkanes of at least 4 members (excludes halogenated alkanes) is 1. The quantitative estimate of drug-likeness (QED) is 0.300. The molecule has 0 bridgehead atoms. The Morgan fingerprint density at radius 2 is 1.68 bits per heavy atom. The second-order valence-corrected chi connectivity index (χ2v) is 9.62. The molecule has 9 nitrogen and oxygen atoms in total. The molecule has 2 aliphatic rings. The molecule has 1 amide bonds. The molecule has 1 saturated heterocycles. The number of nitrogens with zero attached hydrogens (tertiary/aromatic N) is 2. The Morgan fingerprint density at radius 3 is 2.37 bits per heavy atom. The summed E-state index contributed by atoms with van der Waals surface area (Å²) in [5, 5.41) is 19.8. The third kappa shape index (κ3) is 9.24. The molecule has 0 saturated carbocycles. The maximum Gasteiger partial charge on any atom is 0.328 e. The Labute approximate surface area is 231 Å². The van der Waals surface area contributed by atoms with Gasteiger partial charge in [0, 0.05) is 56.5 Å². The van der Waals surface area contributed by atoms with E-state index in [1.54, 1.807) is 0 Å². The van der Waals surface area contributed by atoms with Crippen molar-refractivity contribution in [1.82, 2.24) is 4.90 Å². The monoisotopic (exact) mass is 563 g/mol. The number of aliphatic carboxylic acids is 2. The smallest absolute Gasteiger partial charge is 0.328 e. The van der Waals surface area contributed by atoms with E-state index in [-0.39, 0.29) is 5.91 Å². The molecule has 2 aromatic rings. The van der Waals surface area contributed by atoms with Gasteiger partial charge in [-0.2, -0.15) is 0 Å². The first kappa shape index (κ1) is 29.3. The molecule has 0 aliphatic carbocycles. The van der Waals surface area contributed by atoms with Gasteiger partial charge in [0.1, 0.15) is 5.75 Å². The number of hydrogen-bond acceptors (Lipinski definition) is 6. The van der Waals surface area contributed by atoms with Crippen molar-refractivity contribution in [2.45, 2.75) is 25.7 Å². The van der Waals surface area contributed by atoms with Crippen molar-refractivity contribution in [1.29, 1.82) is 0 Å². The van der Waals surface area contributed by atoms with Gasteiger partial charge in [-0.25, -0.2) is 9.59 Å². The molecule has 1 fully saturated rings. The third-order valence-electron chi connectivity index (χ3n) is 6.13. The van der Waals surface area contributed by atoms with Gasteiger partial charge in [-0.1, -0.05) is 35.3 Å². The maximum absolute atomic E-state index is 11.5. The van der Waals surface area contributed by atoms with Crippen LogP contribution in [0.5, 0.6) is 5.75 Å². The van der Waals surface area contributed by atoms with Crippen LogP contribution >= 0.6 is 23.2 Å². The zero-order chi connectivity index (χ0) is 27.5. The van der Waals surface area contributed by atoms with Crippen LogP contribution in [0, 0.1) is 0 Å². The van der Waals surface area contributed by atoms with Crippen LogP contribution in [0.3, 0.4) is 0 Å². The minimum atomic E-state index is -1.26. The second-order valence-electron chi connectivity index (χ2n) is 8.83. The summed E-state index contributed by atoms with van der Waals surface area (Å²) < 4.78 is 5.89. The van der Waals surface area contributed by atoms with E-state index >= 15 is 0 Å². The predicted octanol–water partition coefficient (Wildman–Crippen LogP) is 4.57. The number of ether oxygens (including phenoxy) is 1. The van der Waals surface area contributed by atoms with Crippen molar-refractivity contribution < 1.29 is 29.3 Å². The molecule has 38 heavy (non-hydrogen) atoms. The highest BCUT2D eigenvalue weighted by atomic mass is 35.5. The number of amides is 1. The van der Waals surface area contributed by atoms with Gasteiger partial charge in [0.2, 0.25) is 5.91 Å². The molecule has 2 aliphatic heterocycles. The number of fused-ring (bicyclic) bond motifs is 1. The van der Waals surface area contributed by atoms with E-state index in [1.165, 1.54) is 5.56 Å². The summed E-state index contributed by atoms with van der Waals surface area (Å²) in [4.78, 5) is 35.5. The van der Waals surface area contributed by atoms with Crippen molar-refractivity contribution in [3.05, 3.63) is 64.2 Å². The van der Waals surface area contributed by atoms with E-state index < -0.39 is 11.9 Å². The van der Waals surface area contributed by atoms with E-state index in [0.717, 1.165) is 69.1 Å². The minimum Gasteiger partial charge on any atom is -0.494 e. The van der Waals surface area contributed by atoms with E-state index in [9.17, 15) is 14.4 Å². The summed E-state index contributed by atoms with van der Waals surface area (Å²) in [5.74, 6) is -1.61. The number of nitrogens with one attached hydrogen (secondary N) is 1. The van der Waals surface area contributed by atoms with Crippen LogP contribution in [-0.2, 0) is 20.8 Å². The fourth-order valence-corrected chi connectivity index (χ4v) is 4.57. The zero-order valence-corrected chi connectivity index (χ0v) is 22.4. The van der Waals surface area contributed by atoms with E-state index in [0.29, 0.717) is 35.2 Å². The molecule has 0 unspecified atom stereocenters. The Balaban J connectivity index is 0.000000436. The van der Waals surface area contributed by atoms with Crippen LogP contribution in [0.15, 0.2) is 48.6 Å². The van der Waals surface area contributed by atoms with Crippen molar-refractivity contribution in [3.8, 4) is 5.75 Å². The van der Waals surface area contributed by atoms with Crippen LogP contribution in [0.1, 0.15) is 24.8 Å². The number of carboxylic acids is 2. The highest BCUT2D eigenvalue weighted by Gasteiger charge is 2.19. The average molecular weight is 564 g/mol. The molecular weight excluding hydrogens is 533 g/mol. The van der Waals surface area contributed by atoms with Crippen molar-refractivity contribution >= 4 is 52.4 Å². The van der Waals surface area contributed by atoms with Gasteiger partial charge in [-0.05, 0) is 49.6 Å². The number of rotatable bonds is 9. The fourth-order valence-electron chi connectivity index (χ4n) is 4.16. The van der Waals surface area contributed by atoms with Crippen LogP contribution in [-0.4, -0.2) is 72.3 Å². The molecule has 0 aromatic heterocycles. The minimum absolute atomic E-state index is 0.0809. The van der Waals surface area contributed by atoms with Crippen LogP contribution < -0.4 is 15.0 Å². The van der Waals surface area contributed by atoms with Crippen LogP contribution in [0.2, 0.25) is 10.0 Å². The summed E-state index contributed by atoms with van der Waals surface area (Å²) in [5.41, 5.74) is 3.10.